The summed E-state index contributed by atoms with van der Waals surface area (Å²) in [6.07, 6.45) is 11.0. The first kappa shape index (κ1) is 18.0. The monoisotopic (exact) mass is 346 g/mol. The number of nitrogens with zero attached hydrogens (tertiary/aromatic N) is 1. The van der Waals surface area contributed by atoms with Gasteiger partial charge in [-0.3, -0.25) is 0 Å². The molecule has 0 saturated heterocycles. The molecule has 134 valence electrons. The van der Waals surface area contributed by atoms with Crippen LogP contribution in [-0.2, 0) is 6.42 Å². The van der Waals surface area contributed by atoms with E-state index < -0.39 is 0 Å². The average Bonchev–Trinajstić information content (AvgIpc) is 3.16. The molecule has 0 unspecified atom stereocenters. The van der Waals surface area contributed by atoms with Crippen LogP contribution in [0.5, 0.6) is 5.75 Å². The summed E-state index contributed by atoms with van der Waals surface area (Å²) in [5, 5.41) is 0. The van der Waals surface area contributed by atoms with Gasteiger partial charge in [0.1, 0.15) is 11.6 Å². The summed E-state index contributed by atoms with van der Waals surface area (Å²) in [5.41, 5.74) is 4.63. The standard InChI is InChI=1S/C23H26N2O/c1-3-4-5-6-18-7-12-20(13-8-18)22-17-24-23(25-22)16-11-19-9-14-21(26-2)15-10-19/h7-17H,3-6H2,1-2H3,(H,24,25)/b16-11+. The van der Waals surface area contributed by atoms with E-state index in [2.05, 4.69) is 41.2 Å². The molecule has 0 aliphatic carbocycles. The molecule has 0 fully saturated rings. The van der Waals surface area contributed by atoms with Gasteiger partial charge in [0.15, 0.2) is 0 Å². The number of hydrogen-bond donors (Lipinski definition) is 1. The lowest BCUT2D eigenvalue weighted by atomic mass is 10.0. The van der Waals surface area contributed by atoms with Gasteiger partial charge in [-0.15, -0.1) is 0 Å². The number of hydrogen-bond acceptors (Lipinski definition) is 2. The van der Waals surface area contributed by atoms with Crippen molar-refractivity contribution in [3.8, 4) is 17.0 Å². The van der Waals surface area contributed by atoms with Gasteiger partial charge in [0.25, 0.3) is 0 Å². The maximum Gasteiger partial charge on any atom is 0.130 e. The van der Waals surface area contributed by atoms with Crippen LogP contribution < -0.4 is 4.74 Å². The fourth-order valence-corrected chi connectivity index (χ4v) is 2.88. The molecule has 1 heterocycles. The van der Waals surface area contributed by atoms with E-state index in [0.29, 0.717) is 0 Å². The van der Waals surface area contributed by atoms with E-state index in [1.807, 2.05) is 42.6 Å². The van der Waals surface area contributed by atoms with Crippen LogP contribution in [0.15, 0.2) is 54.7 Å². The summed E-state index contributed by atoms with van der Waals surface area (Å²) in [7, 11) is 1.67. The molecule has 3 heteroatoms. The highest BCUT2D eigenvalue weighted by Crippen LogP contribution is 2.20. The number of methoxy groups -OCH3 is 1. The van der Waals surface area contributed by atoms with Crippen LogP contribution in [-0.4, -0.2) is 17.1 Å². The summed E-state index contributed by atoms with van der Waals surface area (Å²) in [5.74, 6) is 1.71. The average molecular weight is 346 g/mol. The van der Waals surface area contributed by atoms with Crippen LogP contribution in [0.3, 0.4) is 0 Å². The largest absolute Gasteiger partial charge is 0.497 e. The zero-order valence-electron chi connectivity index (χ0n) is 15.5. The van der Waals surface area contributed by atoms with Gasteiger partial charge in [0.2, 0.25) is 0 Å². The summed E-state index contributed by atoms with van der Waals surface area (Å²) in [6.45, 7) is 2.24. The minimum Gasteiger partial charge on any atom is -0.497 e. The predicted octanol–water partition coefficient (Wildman–Crippen LogP) is 5.99. The molecule has 1 N–H and O–H groups in total. The SMILES string of the molecule is CCCCCc1ccc(-c2c[nH]c(/C=C/c3ccc(OC)cc3)n2)cc1. The lowest BCUT2D eigenvalue weighted by Crippen LogP contribution is -1.86. The summed E-state index contributed by atoms with van der Waals surface area (Å²) in [6, 6.07) is 16.7. The Bertz CT molecular complexity index is 829. The molecule has 0 atom stereocenters. The third-order valence-electron chi connectivity index (χ3n) is 4.47. The minimum atomic E-state index is 0.850. The number of rotatable bonds is 8. The molecule has 0 aliphatic heterocycles. The molecule has 26 heavy (non-hydrogen) atoms. The van der Waals surface area contributed by atoms with Gasteiger partial charge in [-0.05, 0) is 42.2 Å². The molecule has 0 bridgehead atoms. The number of unbranched alkanes of at least 4 members (excludes halogenated alkanes) is 2. The van der Waals surface area contributed by atoms with Crippen LogP contribution in [0, 0.1) is 0 Å². The molecule has 0 aliphatic rings. The second kappa shape index (κ2) is 9.04. The zero-order chi connectivity index (χ0) is 18.2. The van der Waals surface area contributed by atoms with Gasteiger partial charge in [0, 0.05) is 11.8 Å². The maximum atomic E-state index is 5.18. The second-order valence-corrected chi connectivity index (χ2v) is 6.43. The fraction of sp³-hybridized carbons (Fsp3) is 0.261. The molecule has 3 rings (SSSR count). The molecule has 1 aromatic heterocycles. The van der Waals surface area contributed by atoms with E-state index in [9.17, 15) is 0 Å². The van der Waals surface area contributed by atoms with Gasteiger partial charge in [-0.25, -0.2) is 4.98 Å². The quantitative estimate of drug-likeness (QED) is 0.509. The van der Waals surface area contributed by atoms with Crippen molar-refractivity contribution < 1.29 is 4.74 Å². The molecule has 0 spiro atoms. The molecule has 3 nitrogen and oxygen atoms in total. The number of nitrogens with one attached hydrogen (secondary N) is 1. The van der Waals surface area contributed by atoms with E-state index in [1.165, 1.54) is 24.8 Å². The maximum absolute atomic E-state index is 5.18. The van der Waals surface area contributed by atoms with Crippen molar-refractivity contribution in [2.45, 2.75) is 32.6 Å². The number of H-pyrrole nitrogens is 1. The van der Waals surface area contributed by atoms with Crippen molar-refractivity contribution in [2.24, 2.45) is 0 Å². The second-order valence-electron chi connectivity index (χ2n) is 6.43. The van der Waals surface area contributed by atoms with Crippen LogP contribution in [0.2, 0.25) is 0 Å². The summed E-state index contributed by atoms with van der Waals surface area (Å²) < 4.78 is 5.18. The molecule has 0 radical (unpaired) electrons. The Kier molecular flexibility index (Phi) is 6.26. The van der Waals surface area contributed by atoms with E-state index >= 15 is 0 Å². The first-order valence-corrected chi connectivity index (χ1v) is 9.25. The number of benzene rings is 2. The van der Waals surface area contributed by atoms with Gasteiger partial charge in [0.05, 0.1) is 12.8 Å². The predicted molar refractivity (Wildman–Crippen MR) is 109 cm³/mol. The Morgan fingerprint density at radius 2 is 1.73 bits per heavy atom. The highest BCUT2D eigenvalue weighted by Gasteiger charge is 2.03. The van der Waals surface area contributed by atoms with E-state index in [4.69, 9.17) is 4.74 Å². The first-order chi connectivity index (χ1) is 12.8. The first-order valence-electron chi connectivity index (χ1n) is 9.25. The normalized spacial score (nSPS) is 11.2. The van der Waals surface area contributed by atoms with Crippen LogP contribution in [0.25, 0.3) is 23.4 Å². The Morgan fingerprint density at radius 1 is 0.962 bits per heavy atom. The molecular weight excluding hydrogens is 320 g/mol. The van der Waals surface area contributed by atoms with Crippen molar-refractivity contribution in [1.29, 1.82) is 0 Å². The molecule has 0 saturated carbocycles. The number of aromatic amines is 1. The third kappa shape index (κ3) is 4.85. The highest BCUT2D eigenvalue weighted by atomic mass is 16.5. The lowest BCUT2D eigenvalue weighted by molar-refractivity contribution is 0.415. The Labute approximate surface area is 155 Å². The number of ether oxygens (including phenoxy) is 1. The van der Waals surface area contributed by atoms with Gasteiger partial charge >= 0.3 is 0 Å². The van der Waals surface area contributed by atoms with E-state index in [1.54, 1.807) is 7.11 Å². The van der Waals surface area contributed by atoms with Crippen molar-refractivity contribution >= 4 is 12.2 Å². The minimum absolute atomic E-state index is 0.850. The Hall–Kier alpha value is -2.81. The van der Waals surface area contributed by atoms with Crippen LogP contribution in [0.1, 0.15) is 43.1 Å². The van der Waals surface area contributed by atoms with E-state index in [0.717, 1.165) is 34.8 Å². The lowest BCUT2D eigenvalue weighted by Gasteiger charge is -2.02. The molecule has 2 aromatic carbocycles. The zero-order valence-corrected chi connectivity index (χ0v) is 15.5. The summed E-state index contributed by atoms with van der Waals surface area (Å²) in [4.78, 5) is 7.90. The molecule has 0 amide bonds. The topological polar surface area (TPSA) is 37.9 Å². The molecule has 3 aromatic rings. The van der Waals surface area contributed by atoms with Gasteiger partial charge in [-0.1, -0.05) is 62.2 Å². The Balaban J connectivity index is 1.64. The Morgan fingerprint density at radius 3 is 2.42 bits per heavy atom. The van der Waals surface area contributed by atoms with Crippen molar-refractivity contribution in [3.05, 3.63) is 71.7 Å². The smallest absolute Gasteiger partial charge is 0.130 e. The fourth-order valence-electron chi connectivity index (χ4n) is 2.88. The number of aryl methyl sites for hydroxylation is 1. The van der Waals surface area contributed by atoms with Crippen LogP contribution >= 0.6 is 0 Å². The number of imidazole rings is 1. The van der Waals surface area contributed by atoms with Crippen LogP contribution in [0.4, 0.5) is 0 Å². The van der Waals surface area contributed by atoms with Crippen molar-refractivity contribution in [3.63, 3.8) is 0 Å². The van der Waals surface area contributed by atoms with Gasteiger partial charge < -0.3 is 9.72 Å². The molecular formula is C23H26N2O. The van der Waals surface area contributed by atoms with Gasteiger partial charge in [-0.2, -0.15) is 0 Å². The summed E-state index contributed by atoms with van der Waals surface area (Å²) >= 11 is 0. The number of aromatic nitrogens is 2. The highest BCUT2D eigenvalue weighted by molar-refractivity contribution is 5.69. The third-order valence-corrected chi connectivity index (χ3v) is 4.47. The van der Waals surface area contributed by atoms with E-state index in [-0.39, 0.29) is 0 Å². The van der Waals surface area contributed by atoms with Crippen molar-refractivity contribution in [2.75, 3.05) is 7.11 Å². The van der Waals surface area contributed by atoms with Crippen molar-refractivity contribution in [1.82, 2.24) is 9.97 Å².